The second-order valence-corrected chi connectivity index (χ2v) is 7.16. The highest BCUT2D eigenvalue weighted by Gasteiger charge is 2.44. The molecular weight excluding hydrogens is 312 g/mol. The average molecular weight is 342 g/mol. The Bertz CT molecular complexity index is 374. The summed E-state index contributed by atoms with van der Waals surface area (Å²) in [5, 5.41) is 20.3. The Morgan fingerprint density at radius 3 is 1.50 bits per heavy atom. The van der Waals surface area contributed by atoms with E-state index in [9.17, 15) is 15.0 Å². The number of carbonyl (C=O) groups excluding carboxylic acids is 1. The van der Waals surface area contributed by atoms with Crippen molar-refractivity contribution in [3.63, 3.8) is 0 Å². The third kappa shape index (κ3) is 4.20. The Morgan fingerprint density at radius 2 is 1.12 bits per heavy atom. The van der Waals surface area contributed by atoms with E-state index in [2.05, 4.69) is 0 Å². The second-order valence-electron chi connectivity index (χ2n) is 7.16. The quantitative estimate of drug-likeness (QED) is 0.771. The lowest BCUT2D eigenvalue weighted by molar-refractivity contribution is -0.122. The molecule has 2 aliphatic carbocycles. The van der Waals surface area contributed by atoms with Gasteiger partial charge in [0.1, 0.15) is 13.5 Å². The molecule has 2 saturated carbocycles. The van der Waals surface area contributed by atoms with Gasteiger partial charge in [0.05, 0.1) is 12.2 Å². The molecule has 3 aliphatic rings. The van der Waals surface area contributed by atoms with E-state index in [0.717, 1.165) is 51.4 Å². The molecule has 0 aromatic carbocycles. The van der Waals surface area contributed by atoms with Gasteiger partial charge >= 0.3 is 6.03 Å². The smallest absolute Gasteiger partial charge is 0.328 e. The molecule has 7 nitrogen and oxygen atoms in total. The highest BCUT2D eigenvalue weighted by Crippen LogP contribution is 2.25. The fourth-order valence-corrected chi connectivity index (χ4v) is 3.81. The molecule has 2 unspecified atom stereocenters. The molecule has 0 spiro atoms. The van der Waals surface area contributed by atoms with Crippen molar-refractivity contribution in [1.29, 1.82) is 0 Å². The first-order valence-electron chi connectivity index (χ1n) is 9.33. The normalized spacial score (nSPS) is 30.3. The van der Waals surface area contributed by atoms with E-state index in [1.807, 2.05) is 0 Å². The van der Waals surface area contributed by atoms with E-state index in [0.29, 0.717) is 0 Å². The first kappa shape index (κ1) is 17.9. The minimum absolute atomic E-state index is 0.0155. The van der Waals surface area contributed by atoms with Gasteiger partial charge in [0.2, 0.25) is 0 Å². The predicted octanol–water partition coefficient (Wildman–Crippen LogP) is 1.97. The van der Waals surface area contributed by atoms with E-state index >= 15 is 0 Å². The Hall–Kier alpha value is -0.890. The topological polar surface area (TPSA) is 82.5 Å². The number of nitrogens with zero attached hydrogens (tertiary/aromatic N) is 2. The molecule has 0 radical (unpaired) electrons. The van der Waals surface area contributed by atoms with Crippen LogP contribution < -0.4 is 0 Å². The summed E-state index contributed by atoms with van der Waals surface area (Å²) in [5.74, 6) is 0. The third-order valence-corrected chi connectivity index (χ3v) is 5.40. The van der Waals surface area contributed by atoms with Crippen LogP contribution in [0.4, 0.5) is 4.79 Å². The Kier molecular flexibility index (Phi) is 6.32. The number of carbonyl (C=O) groups is 1. The number of hydrogen-bond donors (Lipinski definition) is 2. The van der Waals surface area contributed by atoms with Crippen LogP contribution in [0.1, 0.15) is 64.2 Å². The summed E-state index contributed by atoms with van der Waals surface area (Å²) in [6.07, 6.45) is 8.77. The van der Waals surface area contributed by atoms with Gasteiger partial charge in [-0.05, 0) is 25.7 Å². The van der Waals surface area contributed by atoms with Gasteiger partial charge < -0.3 is 19.7 Å². The second kappa shape index (κ2) is 8.47. The van der Waals surface area contributed by atoms with Crippen molar-refractivity contribution in [3.05, 3.63) is 0 Å². The summed E-state index contributed by atoms with van der Waals surface area (Å²) in [6.45, 7) is 0.0311. The SMILES string of the molecule is O=C1N(COC2CCCCC2)C(O)C(O)N1COC1CCCCC1. The van der Waals surface area contributed by atoms with Gasteiger partial charge in [-0.3, -0.25) is 9.80 Å². The van der Waals surface area contributed by atoms with Crippen LogP contribution in [0, 0.1) is 0 Å². The van der Waals surface area contributed by atoms with Gasteiger partial charge in [0.15, 0.2) is 12.5 Å². The highest BCUT2D eigenvalue weighted by atomic mass is 16.5. The molecule has 2 amide bonds. The van der Waals surface area contributed by atoms with Crippen LogP contribution in [0.15, 0.2) is 0 Å². The molecule has 24 heavy (non-hydrogen) atoms. The van der Waals surface area contributed by atoms with Crippen molar-refractivity contribution in [2.45, 2.75) is 88.9 Å². The number of ether oxygens (including phenoxy) is 2. The number of rotatable bonds is 6. The van der Waals surface area contributed by atoms with Crippen LogP contribution in [0.2, 0.25) is 0 Å². The number of urea groups is 1. The third-order valence-electron chi connectivity index (χ3n) is 5.40. The molecular formula is C17H30N2O5. The maximum absolute atomic E-state index is 12.4. The van der Waals surface area contributed by atoms with Crippen LogP contribution in [-0.2, 0) is 9.47 Å². The highest BCUT2D eigenvalue weighted by molar-refractivity contribution is 5.77. The number of amides is 2. The molecule has 3 fully saturated rings. The molecule has 0 aromatic rings. The molecule has 138 valence electrons. The Morgan fingerprint density at radius 1 is 0.750 bits per heavy atom. The summed E-state index contributed by atoms with van der Waals surface area (Å²) in [5.41, 5.74) is 0. The van der Waals surface area contributed by atoms with Crippen molar-refractivity contribution in [2.75, 3.05) is 13.5 Å². The lowest BCUT2D eigenvalue weighted by atomic mass is 9.98. The Balaban J connectivity index is 1.48. The molecule has 2 N–H and O–H groups in total. The monoisotopic (exact) mass is 342 g/mol. The van der Waals surface area contributed by atoms with E-state index in [1.165, 1.54) is 22.6 Å². The largest absolute Gasteiger partial charge is 0.369 e. The van der Waals surface area contributed by atoms with E-state index < -0.39 is 18.5 Å². The summed E-state index contributed by atoms with van der Waals surface area (Å²) in [6, 6.07) is -0.429. The minimum atomic E-state index is -1.27. The summed E-state index contributed by atoms with van der Waals surface area (Å²) in [4.78, 5) is 14.8. The molecule has 3 rings (SSSR count). The van der Waals surface area contributed by atoms with Crippen molar-refractivity contribution >= 4 is 6.03 Å². The number of hydrogen-bond acceptors (Lipinski definition) is 5. The fraction of sp³-hybridized carbons (Fsp3) is 0.941. The standard InChI is InChI=1S/C17H30N2O5/c20-15-16(21)19(12-24-14-9-5-2-6-10-14)17(22)18(15)11-23-13-7-3-1-4-8-13/h13-16,20-21H,1-12H2. The van der Waals surface area contributed by atoms with Crippen molar-refractivity contribution in [3.8, 4) is 0 Å². The van der Waals surface area contributed by atoms with Gasteiger partial charge in [-0.15, -0.1) is 0 Å². The van der Waals surface area contributed by atoms with Crippen LogP contribution in [0.5, 0.6) is 0 Å². The van der Waals surface area contributed by atoms with E-state index in [1.54, 1.807) is 0 Å². The van der Waals surface area contributed by atoms with Crippen molar-refractivity contribution in [2.24, 2.45) is 0 Å². The van der Waals surface area contributed by atoms with Gasteiger partial charge in [-0.1, -0.05) is 38.5 Å². The predicted molar refractivity (Wildman–Crippen MR) is 86.7 cm³/mol. The van der Waals surface area contributed by atoms with E-state index in [-0.39, 0.29) is 25.7 Å². The van der Waals surface area contributed by atoms with E-state index in [4.69, 9.17) is 9.47 Å². The molecule has 0 bridgehead atoms. The fourth-order valence-electron chi connectivity index (χ4n) is 3.81. The number of aliphatic hydroxyl groups excluding tert-OH is 2. The van der Waals surface area contributed by atoms with Gasteiger partial charge in [0.25, 0.3) is 0 Å². The lowest BCUT2D eigenvalue weighted by Gasteiger charge is -2.26. The van der Waals surface area contributed by atoms with Crippen LogP contribution in [0.25, 0.3) is 0 Å². The molecule has 2 atom stereocenters. The van der Waals surface area contributed by atoms with Crippen LogP contribution in [-0.4, -0.2) is 64.2 Å². The number of aliphatic hydroxyl groups is 2. The lowest BCUT2D eigenvalue weighted by Crippen LogP contribution is -2.39. The Labute approximate surface area is 143 Å². The molecule has 7 heteroatoms. The maximum atomic E-state index is 12.4. The van der Waals surface area contributed by atoms with Crippen molar-refractivity contribution < 1.29 is 24.5 Å². The summed E-state index contributed by atoms with van der Waals surface area (Å²) >= 11 is 0. The zero-order valence-electron chi connectivity index (χ0n) is 14.3. The van der Waals surface area contributed by atoms with Gasteiger partial charge in [-0.2, -0.15) is 0 Å². The summed E-state index contributed by atoms with van der Waals surface area (Å²) < 4.78 is 11.5. The summed E-state index contributed by atoms with van der Waals surface area (Å²) in [7, 11) is 0. The molecule has 1 aliphatic heterocycles. The van der Waals surface area contributed by atoms with Crippen molar-refractivity contribution in [1.82, 2.24) is 9.80 Å². The molecule has 1 saturated heterocycles. The van der Waals surface area contributed by atoms with Gasteiger partial charge in [-0.25, -0.2) is 4.79 Å². The van der Waals surface area contributed by atoms with Gasteiger partial charge in [0, 0.05) is 0 Å². The van der Waals surface area contributed by atoms with Crippen LogP contribution >= 0.6 is 0 Å². The minimum Gasteiger partial charge on any atom is -0.369 e. The zero-order valence-corrected chi connectivity index (χ0v) is 14.3. The molecule has 1 heterocycles. The average Bonchev–Trinajstić information content (AvgIpc) is 2.82. The zero-order chi connectivity index (χ0) is 16.9. The molecule has 0 aromatic heterocycles. The van der Waals surface area contributed by atoms with Crippen LogP contribution in [0.3, 0.4) is 0 Å². The first-order chi connectivity index (χ1) is 11.7. The first-order valence-corrected chi connectivity index (χ1v) is 9.33. The maximum Gasteiger partial charge on any atom is 0.328 e.